The Morgan fingerprint density at radius 1 is 0.283 bits per heavy atom. The van der Waals surface area contributed by atoms with E-state index in [9.17, 15) is 0 Å². The van der Waals surface area contributed by atoms with Crippen LogP contribution in [0, 0.1) is 0 Å². The van der Waals surface area contributed by atoms with Gasteiger partial charge in [0.1, 0.15) is 0 Å². The lowest BCUT2D eigenvalue weighted by atomic mass is 9.80. The van der Waals surface area contributed by atoms with Crippen molar-refractivity contribution in [2.45, 2.75) is 0 Å². The molecule has 11 aromatic rings. The first-order chi connectivity index (χ1) is 26.3. The Labute approximate surface area is 311 Å². The third kappa shape index (κ3) is 4.68. The van der Waals surface area contributed by atoms with Crippen LogP contribution in [0.1, 0.15) is 0 Å². The average Bonchev–Trinajstić information content (AvgIpc) is 3.61. The van der Waals surface area contributed by atoms with E-state index in [1.54, 1.807) is 0 Å². The van der Waals surface area contributed by atoms with Crippen LogP contribution in [0.4, 0.5) is 0 Å². The average molecular weight is 689 g/mol. The van der Waals surface area contributed by atoms with Crippen LogP contribution in [0.5, 0.6) is 0 Å². The summed E-state index contributed by atoms with van der Waals surface area (Å²) in [6.07, 6.45) is 0. The van der Waals surface area contributed by atoms with Gasteiger partial charge in [0.2, 0.25) is 0 Å². The summed E-state index contributed by atoms with van der Waals surface area (Å²) in [5.41, 5.74) is 10.0. The normalized spacial score (nSPS) is 11.8. The molecule has 1 heteroatoms. The predicted molar refractivity (Wildman–Crippen MR) is 231 cm³/mol. The van der Waals surface area contributed by atoms with Crippen LogP contribution in [0.25, 0.3) is 108 Å². The van der Waals surface area contributed by atoms with Gasteiger partial charge in [0, 0.05) is 25.7 Å². The second-order valence-electron chi connectivity index (χ2n) is 13.9. The van der Waals surface area contributed by atoms with Crippen molar-refractivity contribution in [1.29, 1.82) is 0 Å². The summed E-state index contributed by atoms with van der Waals surface area (Å²) in [6.45, 7) is 0. The number of hydrogen-bond donors (Lipinski definition) is 0. The first-order valence-corrected chi connectivity index (χ1v) is 19.1. The highest BCUT2D eigenvalue weighted by Crippen LogP contribution is 2.51. The van der Waals surface area contributed by atoms with Gasteiger partial charge in [0.05, 0.1) is 0 Å². The first-order valence-electron chi connectivity index (χ1n) is 18.3. The Bertz CT molecular complexity index is 3230. The molecule has 1 aromatic heterocycles. The molecule has 0 bridgehead atoms. The Morgan fingerprint density at radius 3 is 1.68 bits per heavy atom. The summed E-state index contributed by atoms with van der Waals surface area (Å²) in [6, 6.07) is 71.9. The van der Waals surface area contributed by atoms with Gasteiger partial charge >= 0.3 is 0 Å². The zero-order chi connectivity index (χ0) is 34.9. The van der Waals surface area contributed by atoms with E-state index < -0.39 is 0 Å². The maximum Gasteiger partial charge on any atom is 0.0434 e. The van der Waals surface area contributed by atoms with E-state index in [-0.39, 0.29) is 0 Å². The Morgan fingerprint density at radius 2 is 0.830 bits per heavy atom. The van der Waals surface area contributed by atoms with Crippen molar-refractivity contribution >= 4 is 74.6 Å². The van der Waals surface area contributed by atoms with Crippen LogP contribution in [-0.4, -0.2) is 0 Å². The molecular weight excluding hydrogens is 657 g/mol. The van der Waals surface area contributed by atoms with Gasteiger partial charge < -0.3 is 0 Å². The van der Waals surface area contributed by atoms with E-state index in [0.717, 1.165) is 0 Å². The number of rotatable bonds is 4. The van der Waals surface area contributed by atoms with E-state index in [1.807, 2.05) is 11.3 Å². The monoisotopic (exact) mass is 688 g/mol. The fraction of sp³-hybridized carbons (Fsp3) is 0. The third-order valence-corrected chi connectivity index (χ3v) is 12.3. The largest absolute Gasteiger partial charge is 0.135 e. The molecule has 0 aliphatic heterocycles. The minimum absolute atomic E-state index is 1.22. The van der Waals surface area contributed by atoms with Gasteiger partial charge in [-0.25, -0.2) is 0 Å². The molecule has 0 aliphatic carbocycles. The summed E-state index contributed by atoms with van der Waals surface area (Å²) < 4.78 is 2.65. The van der Waals surface area contributed by atoms with E-state index in [2.05, 4.69) is 194 Å². The molecule has 0 N–H and O–H groups in total. The second kappa shape index (κ2) is 12.0. The fourth-order valence-electron chi connectivity index (χ4n) is 8.74. The van der Waals surface area contributed by atoms with Crippen molar-refractivity contribution in [3.05, 3.63) is 194 Å². The lowest BCUT2D eigenvalue weighted by Crippen LogP contribution is -1.95. The molecule has 0 fully saturated rings. The van der Waals surface area contributed by atoms with Gasteiger partial charge in [-0.3, -0.25) is 0 Å². The molecule has 10 aromatic carbocycles. The van der Waals surface area contributed by atoms with E-state index in [4.69, 9.17) is 0 Å². The van der Waals surface area contributed by atoms with Crippen LogP contribution in [0.2, 0.25) is 0 Å². The molecule has 0 spiro atoms. The highest BCUT2D eigenvalue weighted by molar-refractivity contribution is 7.26. The molecule has 53 heavy (non-hydrogen) atoms. The molecule has 11 rings (SSSR count). The van der Waals surface area contributed by atoms with E-state index in [0.29, 0.717) is 0 Å². The van der Waals surface area contributed by atoms with Crippen LogP contribution < -0.4 is 0 Å². The molecule has 1 heterocycles. The van der Waals surface area contributed by atoms with Crippen molar-refractivity contribution in [2.75, 3.05) is 0 Å². The van der Waals surface area contributed by atoms with E-state index >= 15 is 0 Å². The number of hydrogen-bond acceptors (Lipinski definition) is 1. The molecule has 0 atom stereocenters. The van der Waals surface area contributed by atoms with Crippen LogP contribution >= 0.6 is 11.3 Å². The molecule has 246 valence electrons. The summed E-state index contributed by atoms with van der Waals surface area (Å²) >= 11 is 1.90. The molecule has 0 unspecified atom stereocenters. The van der Waals surface area contributed by atoms with Gasteiger partial charge in [-0.2, -0.15) is 0 Å². The van der Waals surface area contributed by atoms with Crippen molar-refractivity contribution in [2.24, 2.45) is 0 Å². The molecule has 0 nitrogen and oxygen atoms in total. The van der Waals surface area contributed by atoms with Crippen LogP contribution in [-0.2, 0) is 0 Å². The zero-order valence-corrected chi connectivity index (χ0v) is 29.7. The van der Waals surface area contributed by atoms with Gasteiger partial charge in [-0.1, -0.05) is 182 Å². The molecule has 0 amide bonds. The highest BCUT2D eigenvalue weighted by atomic mass is 32.1. The topological polar surface area (TPSA) is 0 Å². The second-order valence-corrected chi connectivity index (χ2v) is 15.0. The Balaban J connectivity index is 1.33. The summed E-state index contributed by atoms with van der Waals surface area (Å²) in [5.74, 6) is 0. The van der Waals surface area contributed by atoms with Crippen molar-refractivity contribution in [1.82, 2.24) is 0 Å². The standard InChI is InChI=1S/C52H32S/c1-2-16-35-32-36(31-30-33(35)14-1)38-19-5-6-21-41(38)50-43-23-8-7-22-42(43)49(40-24-11-17-34-15-3-4-18-37(34)40)47-28-12-25-44(51(47)50)46-27-13-26-45-39-20-9-10-29-48(39)53-52(45)46/h1-32H. The SMILES string of the molecule is c1ccc(-c2c3ccccc3c(-c3cccc4ccccc34)c3cccc(-c4cccc5c4sc4ccccc45)c23)c(-c2ccc3ccccc3c2)c1. The highest BCUT2D eigenvalue weighted by Gasteiger charge is 2.23. The smallest absolute Gasteiger partial charge is 0.0434 e. The number of benzene rings is 10. The van der Waals surface area contributed by atoms with E-state index in [1.165, 1.54) is 108 Å². The van der Waals surface area contributed by atoms with Crippen molar-refractivity contribution < 1.29 is 0 Å². The molecule has 0 radical (unpaired) electrons. The maximum atomic E-state index is 2.36. The van der Waals surface area contributed by atoms with Crippen molar-refractivity contribution in [3.63, 3.8) is 0 Å². The third-order valence-electron chi connectivity index (χ3n) is 11.1. The summed E-state index contributed by atoms with van der Waals surface area (Å²) in [7, 11) is 0. The first kappa shape index (κ1) is 30.1. The zero-order valence-electron chi connectivity index (χ0n) is 28.9. The Kier molecular flexibility index (Phi) is 6.83. The number of thiophene rings is 1. The molecule has 0 saturated heterocycles. The lowest BCUT2D eigenvalue weighted by molar-refractivity contribution is 1.62. The quantitative estimate of drug-likeness (QED) is 0.162. The molecule has 0 aliphatic rings. The summed E-state index contributed by atoms with van der Waals surface area (Å²) in [4.78, 5) is 0. The minimum atomic E-state index is 1.22. The van der Waals surface area contributed by atoms with Crippen LogP contribution in [0.3, 0.4) is 0 Å². The lowest BCUT2D eigenvalue weighted by Gasteiger charge is -2.22. The minimum Gasteiger partial charge on any atom is -0.135 e. The maximum absolute atomic E-state index is 2.36. The number of fused-ring (bicyclic) bond motifs is 7. The summed E-state index contributed by atoms with van der Waals surface area (Å²) in [5, 5.41) is 12.7. The van der Waals surface area contributed by atoms with Crippen LogP contribution in [0.15, 0.2) is 194 Å². The molecule has 0 saturated carbocycles. The van der Waals surface area contributed by atoms with Gasteiger partial charge in [0.15, 0.2) is 0 Å². The molecular formula is C52H32S. The fourth-order valence-corrected chi connectivity index (χ4v) is 9.97. The van der Waals surface area contributed by atoms with Gasteiger partial charge in [0.25, 0.3) is 0 Å². The van der Waals surface area contributed by atoms with Crippen molar-refractivity contribution in [3.8, 4) is 44.5 Å². The Hall–Kier alpha value is -6.54. The van der Waals surface area contributed by atoms with Gasteiger partial charge in [-0.05, 0) is 94.2 Å². The van der Waals surface area contributed by atoms with Gasteiger partial charge in [-0.15, -0.1) is 11.3 Å². The predicted octanol–water partition coefficient (Wildman–Crippen LogP) is 15.3.